The average Bonchev–Trinajstić information content (AvgIpc) is 2.32. The first-order valence-corrected chi connectivity index (χ1v) is 5.59. The number of anilines is 2. The molecule has 1 amide bonds. The molecule has 0 bridgehead atoms. The van der Waals surface area contributed by atoms with Crippen LogP contribution in [0.1, 0.15) is 16.1 Å². The lowest BCUT2D eigenvalue weighted by atomic mass is 10.2. The second-order valence-corrected chi connectivity index (χ2v) is 4.14. The number of carbonyl (C=O) groups is 1. The van der Waals surface area contributed by atoms with Crippen molar-refractivity contribution in [2.75, 3.05) is 11.1 Å². The molecule has 3 N–H and O–H groups in total. The number of nitrogen functional groups attached to an aromatic ring is 1. The zero-order valence-electron chi connectivity index (χ0n) is 9.64. The molecule has 0 atom stereocenters. The maximum absolute atomic E-state index is 11.9. The minimum Gasteiger partial charge on any atom is -0.382 e. The van der Waals surface area contributed by atoms with Crippen LogP contribution in [0.5, 0.6) is 0 Å². The van der Waals surface area contributed by atoms with Crippen molar-refractivity contribution in [3.63, 3.8) is 0 Å². The first-order valence-electron chi connectivity index (χ1n) is 5.21. The molecule has 0 saturated carbocycles. The summed E-state index contributed by atoms with van der Waals surface area (Å²) in [4.78, 5) is 19.8. The molecular formula is C12H11ClN4O. The van der Waals surface area contributed by atoms with Gasteiger partial charge < -0.3 is 11.1 Å². The zero-order valence-corrected chi connectivity index (χ0v) is 10.4. The Labute approximate surface area is 109 Å². The summed E-state index contributed by atoms with van der Waals surface area (Å²) >= 11 is 5.81. The summed E-state index contributed by atoms with van der Waals surface area (Å²) in [6.45, 7) is 1.84. The van der Waals surface area contributed by atoms with Crippen LogP contribution in [0.25, 0.3) is 0 Å². The second kappa shape index (κ2) is 5.01. The van der Waals surface area contributed by atoms with E-state index in [1.807, 2.05) is 6.92 Å². The van der Waals surface area contributed by atoms with Gasteiger partial charge in [-0.3, -0.25) is 9.78 Å². The monoisotopic (exact) mass is 262 g/mol. The number of nitrogens with one attached hydrogen (secondary N) is 1. The summed E-state index contributed by atoms with van der Waals surface area (Å²) in [5.41, 5.74) is 7.32. The highest BCUT2D eigenvalue weighted by Gasteiger charge is 2.09. The van der Waals surface area contributed by atoms with Crippen LogP contribution in [0.4, 0.5) is 11.5 Å². The third kappa shape index (κ3) is 2.75. The van der Waals surface area contributed by atoms with Gasteiger partial charge in [0.25, 0.3) is 5.91 Å². The van der Waals surface area contributed by atoms with Crippen molar-refractivity contribution in [2.45, 2.75) is 6.92 Å². The van der Waals surface area contributed by atoms with Gasteiger partial charge in [-0.25, -0.2) is 4.98 Å². The number of pyridine rings is 2. The van der Waals surface area contributed by atoms with E-state index in [1.165, 1.54) is 12.3 Å². The molecule has 0 aromatic carbocycles. The van der Waals surface area contributed by atoms with Gasteiger partial charge in [-0.15, -0.1) is 0 Å². The molecule has 18 heavy (non-hydrogen) atoms. The minimum absolute atomic E-state index is 0.202. The standard InChI is InChI=1S/C12H11ClN4O/c1-7-4-9(2-3-15-7)17-12(18)8-5-10(13)11(14)16-6-8/h2-6H,1H3,(H2,14,16)(H,15,17,18). The quantitative estimate of drug-likeness (QED) is 0.870. The molecule has 2 heterocycles. The highest BCUT2D eigenvalue weighted by Crippen LogP contribution is 2.17. The molecule has 0 aliphatic carbocycles. The number of hydrogen-bond donors (Lipinski definition) is 2. The number of hydrogen-bond acceptors (Lipinski definition) is 4. The first kappa shape index (κ1) is 12.3. The molecule has 0 aliphatic rings. The van der Waals surface area contributed by atoms with Crippen LogP contribution in [0.2, 0.25) is 5.02 Å². The van der Waals surface area contributed by atoms with Crippen molar-refractivity contribution in [1.82, 2.24) is 9.97 Å². The third-order valence-electron chi connectivity index (χ3n) is 2.29. The molecule has 2 aromatic rings. The van der Waals surface area contributed by atoms with Crippen LogP contribution in [0.3, 0.4) is 0 Å². The summed E-state index contributed by atoms with van der Waals surface area (Å²) in [7, 11) is 0. The van der Waals surface area contributed by atoms with Gasteiger partial charge in [-0.05, 0) is 25.1 Å². The van der Waals surface area contributed by atoms with Gasteiger partial charge in [-0.2, -0.15) is 0 Å². The molecule has 0 spiro atoms. The minimum atomic E-state index is -0.296. The lowest BCUT2D eigenvalue weighted by molar-refractivity contribution is 0.102. The highest BCUT2D eigenvalue weighted by molar-refractivity contribution is 6.33. The highest BCUT2D eigenvalue weighted by atomic mass is 35.5. The first-order chi connectivity index (χ1) is 8.56. The number of amides is 1. The predicted molar refractivity (Wildman–Crippen MR) is 70.6 cm³/mol. The number of nitrogens with two attached hydrogens (primary N) is 1. The zero-order chi connectivity index (χ0) is 13.1. The Morgan fingerprint density at radius 3 is 2.83 bits per heavy atom. The summed E-state index contributed by atoms with van der Waals surface area (Å²) in [5.74, 6) is -0.0945. The number of aromatic nitrogens is 2. The van der Waals surface area contributed by atoms with Crippen molar-refractivity contribution >= 4 is 29.0 Å². The number of nitrogens with zero attached hydrogens (tertiary/aromatic N) is 2. The number of halogens is 1. The van der Waals surface area contributed by atoms with Gasteiger partial charge >= 0.3 is 0 Å². The van der Waals surface area contributed by atoms with E-state index in [0.717, 1.165) is 5.69 Å². The maximum Gasteiger partial charge on any atom is 0.257 e. The Morgan fingerprint density at radius 2 is 2.17 bits per heavy atom. The maximum atomic E-state index is 11.9. The Balaban J connectivity index is 2.19. The Morgan fingerprint density at radius 1 is 1.39 bits per heavy atom. The van der Waals surface area contributed by atoms with Crippen LogP contribution in [0, 0.1) is 6.92 Å². The molecule has 5 nitrogen and oxygen atoms in total. The van der Waals surface area contributed by atoms with Crippen molar-refractivity contribution in [1.29, 1.82) is 0 Å². The fourth-order valence-corrected chi connectivity index (χ4v) is 1.57. The van der Waals surface area contributed by atoms with Crippen LogP contribution < -0.4 is 11.1 Å². The van der Waals surface area contributed by atoms with E-state index in [-0.39, 0.29) is 16.7 Å². The average molecular weight is 263 g/mol. The smallest absolute Gasteiger partial charge is 0.257 e. The molecule has 0 unspecified atom stereocenters. The predicted octanol–water partition coefficient (Wildman–Crippen LogP) is 2.27. The van der Waals surface area contributed by atoms with Crippen molar-refractivity contribution in [2.24, 2.45) is 0 Å². The summed E-state index contributed by atoms with van der Waals surface area (Å²) in [5, 5.41) is 2.99. The molecule has 2 aromatic heterocycles. The third-order valence-corrected chi connectivity index (χ3v) is 2.59. The second-order valence-electron chi connectivity index (χ2n) is 3.73. The van der Waals surface area contributed by atoms with Gasteiger partial charge in [0.15, 0.2) is 0 Å². The fourth-order valence-electron chi connectivity index (χ4n) is 1.40. The molecule has 6 heteroatoms. The van der Waals surface area contributed by atoms with Crippen LogP contribution >= 0.6 is 11.6 Å². The number of aryl methyl sites for hydroxylation is 1. The van der Waals surface area contributed by atoms with Gasteiger partial charge in [0.05, 0.1) is 10.6 Å². The molecule has 0 saturated heterocycles. The molecule has 2 rings (SSSR count). The number of carbonyl (C=O) groups excluding carboxylic acids is 1. The van der Waals surface area contributed by atoms with E-state index in [4.69, 9.17) is 17.3 Å². The number of rotatable bonds is 2. The van der Waals surface area contributed by atoms with Crippen LogP contribution in [0.15, 0.2) is 30.6 Å². The molecular weight excluding hydrogens is 252 g/mol. The Bertz CT molecular complexity index is 600. The Hall–Kier alpha value is -2.14. The van der Waals surface area contributed by atoms with Gasteiger partial charge in [0.2, 0.25) is 0 Å². The largest absolute Gasteiger partial charge is 0.382 e. The summed E-state index contributed by atoms with van der Waals surface area (Å²) < 4.78 is 0. The van der Waals surface area contributed by atoms with E-state index in [9.17, 15) is 4.79 Å². The summed E-state index contributed by atoms with van der Waals surface area (Å²) in [6, 6.07) is 4.95. The normalized spacial score (nSPS) is 10.1. The van der Waals surface area contributed by atoms with Crippen LogP contribution in [-0.4, -0.2) is 15.9 Å². The van der Waals surface area contributed by atoms with Crippen molar-refractivity contribution in [3.8, 4) is 0 Å². The lowest BCUT2D eigenvalue weighted by Crippen LogP contribution is -2.12. The van der Waals surface area contributed by atoms with Gasteiger partial charge in [-0.1, -0.05) is 11.6 Å². The lowest BCUT2D eigenvalue weighted by Gasteiger charge is -2.06. The van der Waals surface area contributed by atoms with E-state index >= 15 is 0 Å². The Kier molecular flexibility index (Phi) is 3.43. The van der Waals surface area contributed by atoms with Gasteiger partial charge in [0, 0.05) is 23.8 Å². The van der Waals surface area contributed by atoms with E-state index < -0.39 is 0 Å². The van der Waals surface area contributed by atoms with E-state index in [1.54, 1.807) is 18.3 Å². The summed E-state index contributed by atoms with van der Waals surface area (Å²) in [6.07, 6.45) is 3.00. The van der Waals surface area contributed by atoms with E-state index in [2.05, 4.69) is 15.3 Å². The topological polar surface area (TPSA) is 80.9 Å². The van der Waals surface area contributed by atoms with Crippen molar-refractivity contribution < 1.29 is 4.79 Å². The molecule has 0 aliphatic heterocycles. The molecule has 0 radical (unpaired) electrons. The van der Waals surface area contributed by atoms with Gasteiger partial charge in [0.1, 0.15) is 5.82 Å². The van der Waals surface area contributed by atoms with Crippen LogP contribution in [-0.2, 0) is 0 Å². The van der Waals surface area contributed by atoms with Crippen molar-refractivity contribution in [3.05, 3.63) is 46.9 Å². The molecule has 92 valence electrons. The van der Waals surface area contributed by atoms with E-state index in [0.29, 0.717) is 11.3 Å². The fraction of sp³-hybridized carbons (Fsp3) is 0.0833. The molecule has 0 fully saturated rings. The SMILES string of the molecule is Cc1cc(NC(=O)c2cnc(N)c(Cl)c2)ccn1.